The van der Waals surface area contributed by atoms with E-state index in [1.165, 1.54) is 0 Å². The van der Waals surface area contributed by atoms with Crippen LogP contribution >= 0.6 is 11.3 Å². The van der Waals surface area contributed by atoms with Gasteiger partial charge in [0, 0.05) is 38.2 Å². The lowest BCUT2D eigenvalue weighted by molar-refractivity contribution is 0.0956. The van der Waals surface area contributed by atoms with Gasteiger partial charge in [-0.3, -0.25) is 4.79 Å². The van der Waals surface area contributed by atoms with Gasteiger partial charge in [-0.15, -0.1) is 11.3 Å². The fourth-order valence-electron chi connectivity index (χ4n) is 2.66. The monoisotopic (exact) mass is 417 g/mol. The van der Waals surface area contributed by atoms with Crippen LogP contribution < -0.4 is 10.6 Å². The second-order valence-corrected chi connectivity index (χ2v) is 7.53. The summed E-state index contributed by atoms with van der Waals surface area (Å²) in [6.45, 7) is 8.54. The van der Waals surface area contributed by atoms with Gasteiger partial charge in [0.1, 0.15) is 11.1 Å². The lowest BCUT2D eigenvalue weighted by Gasteiger charge is -2.21. The largest absolute Gasteiger partial charge is 0.375 e. The van der Waals surface area contributed by atoms with Crippen LogP contribution in [-0.2, 0) is 17.8 Å². The number of guanidine groups is 1. The average molecular weight is 418 g/mol. The Morgan fingerprint density at radius 2 is 1.93 bits per heavy atom. The summed E-state index contributed by atoms with van der Waals surface area (Å²) in [4.78, 5) is 23.3. The maximum atomic E-state index is 11.9. The molecule has 1 amide bonds. The number of carbonyl (C=O) groups is 1. The van der Waals surface area contributed by atoms with E-state index in [0.717, 1.165) is 28.8 Å². The van der Waals surface area contributed by atoms with Crippen LogP contribution in [0.4, 0.5) is 0 Å². The van der Waals surface area contributed by atoms with Crippen molar-refractivity contribution in [3.8, 4) is 0 Å². The lowest BCUT2D eigenvalue weighted by atomic mass is 10.1. The molecule has 158 valence electrons. The van der Waals surface area contributed by atoms with Crippen LogP contribution in [0.25, 0.3) is 0 Å². The molecule has 0 bridgehead atoms. The van der Waals surface area contributed by atoms with Gasteiger partial charge in [-0.2, -0.15) is 0 Å². The predicted octanol–water partition coefficient (Wildman–Crippen LogP) is 3.20. The number of amides is 1. The Labute approximate surface area is 177 Å². The molecule has 0 fully saturated rings. The van der Waals surface area contributed by atoms with Gasteiger partial charge < -0.3 is 20.3 Å². The molecule has 0 saturated carbocycles. The molecule has 0 aliphatic heterocycles. The molecule has 0 aliphatic carbocycles. The number of nitrogens with one attached hydrogen (secondary N) is 2. The molecule has 1 aromatic carbocycles. The molecule has 29 heavy (non-hydrogen) atoms. The van der Waals surface area contributed by atoms with Crippen molar-refractivity contribution in [2.24, 2.45) is 4.99 Å². The first kappa shape index (κ1) is 22.8. The summed E-state index contributed by atoms with van der Waals surface area (Å²) >= 11 is 1.61. The van der Waals surface area contributed by atoms with E-state index in [-0.39, 0.29) is 12.0 Å². The molecule has 1 unspecified atom stereocenters. The van der Waals surface area contributed by atoms with Gasteiger partial charge in [-0.25, -0.2) is 9.98 Å². The highest BCUT2D eigenvalue weighted by Crippen LogP contribution is 2.21. The Kier molecular flexibility index (Phi) is 9.08. The first-order chi connectivity index (χ1) is 14.0. The van der Waals surface area contributed by atoms with E-state index in [0.29, 0.717) is 25.2 Å². The van der Waals surface area contributed by atoms with Gasteiger partial charge >= 0.3 is 0 Å². The van der Waals surface area contributed by atoms with Gasteiger partial charge in [0.2, 0.25) is 0 Å². The quantitative estimate of drug-likeness (QED) is 0.484. The van der Waals surface area contributed by atoms with Crippen molar-refractivity contribution in [1.29, 1.82) is 0 Å². The van der Waals surface area contributed by atoms with E-state index in [4.69, 9.17) is 9.73 Å². The fraction of sp³-hybridized carbons (Fsp3) is 0.476. The Morgan fingerprint density at radius 1 is 1.24 bits per heavy atom. The van der Waals surface area contributed by atoms with E-state index in [1.807, 2.05) is 52.1 Å². The second-order valence-electron chi connectivity index (χ2n) is 6.64. The molecule has 2 rings (SSSR count). The summed E-state index contributed by atoms with van der Waals surface area (Å²) < 4.78 is 5.34. The Bertz CT molecular complexity index is 804. The molecule has 0 radical (unpaired) electrons. The van der Waals surface area contributed by atoms with Crippen molar-refractivity contribution in [2.75, 3.05) is 27.2 Å². The van der Waals surface area contributed by atoms with E-state index in [2.05, 4.69) is 25.9 Å². The zero-order chi connectivity index (χ0) is 21.2. The van der Waals surface area contributed by atoms with Crippen molar-refractivity contribution in [3.05, 3.63) is 51.5 Å². The summed E-state index contributed by atoms with van der Waals surface area (Å²) in [7, 11) is 3.69. The van der Waals surface area contributed by atoms with Crippen molar-refractivity contribution in [3.63, 3.8) is 0 Å². The summed E-state index contributed by atoms with van der Waals surface area (Å²) in [6.07, 6.45) is 0.00309. The number of ether oxygens (including phenoxy) is 1. The van der Waals surface area contributed by atoms with Crippen molar-refractivity contribution in [1.82, 2.24) is 20.5 Å². The second kappa shape index (κ2) is 11.5. The number of hydrogen-bond donors (Lipinski definition) is 2. The number of rotatable bonds is 9. The van der Waals surface area contributed by atoms with E-state index in [9.17, 15) is 4.79 Å². The van der Waals surface area contributed by atoms with Crippen LogP contribution in [0.1, 0.15) is 53.5 Å². The standard InChI is InChI=1S/C21H31N5O2S/c1-6-22-19(27)17-10-8-16(9-11-17)12-24-21(23-7-2)26(4)13-18-14-29-20(25-18)15(3)28-5/h8-11,14-15H,6-7,12-13H2,1-5H3,(H,22,27)(H,23,24). The fourth-order valence-corrected chi connectivity index (χ4v) is 3.50. The van der Waals surface area contributed by atoms with Gasteiger partial charge in [-0.1, -0.05) is 12.1 Å². The molecule has 1 aromatic heterocycles. The molecule has 1 heterocycles. The van der Waals surface area contributed by atoms with Gasteiger partial charge in [0.15, 0.2) is 5.96 Å². The topological polar surface area (TPSA) is 78.9 Å². The van der Waals surface area contributed by atoms with Crippen LogP contribution in [-0.4, -0.2) is 49.0 Å². The third-order valence-electron chi connectivity index (χ3n) is 4.33. The molecule has 0 spiro atoms. The van der Waals surface area contributed by atoms with Crippen molar-refractivity contribution in [2.45, 2.75) is 40.0 Å². The number of aromatic nitrogens is 1. The number of aliphatic imine (C=N–C) groups is 1. The van der Waals surface area contributed by atoms with Crippen molar-refractivity contribution >= 4 is 23.2 Å². The summed E-state index contributed by atoms with van der Waals surface area (Å²) in [5, 5.41) is 9.16. The van der Waals surface area contributed by atoms with Gasteiger partial charge in [0.05, 0.1) is 18.8 Å². The smallest absolute Gasteiger partial charge is 0.251 e. The molecule has 1 atom stereocenters. The van der Waals surface area contributed by atoms with Crippen LogP contribution in [0.15, 0.2) is 34.6 Å². The third kappa shape index (κ3) is 6.83. The number of hydrogen-bond acceptors (Lipinski definition) is 5. The molecule has 0 aliphatic rings. The van der Waals surface area contributed by atoms with Crippen LogP contribution in [0.3, 0.4) is 0 Å². The maximum absolute atomic E-state index is 11.9. The van der Waals surface area contributed by atoms with E-state index in [1.54, 1.807) is 18.4 Å². The predicted molar refractivity (Wildman–Crippen MR) is 118 cm³/mol. The molecule has 2 N–H and O–H groups in total. The number of nitrogens with zero attached hydrogens (tertiary/aromatic N) is 3. The molecular weight excluding hydrogens is 386 g/mol. The number of carbonyl (C=O) groups excluding carboxylic acids is 1. The summed E-state index contributed by atoms with van der Waals surface area (Å²) in [6, 6.07) is 7.55. The first-order valence-corrected chi connectivity index (χ1v) is 10.7. The Hall–Kier alpha value is -2.45. The van der Waals surface area contributed by atoms with Crippen LogP contribution in [0.2, 0.25) is 0 Å². The normalized spacial score (nSPS) is 12.5. The first-order valence-electron chi connectivity index (χ1n) is 9.82. The molecule has 7 nitrogen and oxygen atoms in total. The molecule has 0 saturated heterocycles. The van der Waals surface area contributed by atoms with Gasteiger partial charge in [0.25, 0.3) is 5.91 Å². The molecular formula is C21H31N5O2S. The number of thiazole rings is 1. The minimum absolute atomic E-state index is 0.00309. The van der Waals surface area contributed by atoms with Gasteiger partial charge in [-0.05, 0) is 38.5 Å². The summed E-state index contributed by atoms with van der Waals surface area (Å²) in [5.41, 5.74) is 2.70. The Balaban J connectivity index is 2.02. The van der Waals surface area contributed by atoms with E-state index < -0.39 is 0 Å². The third-order valence-corrected chi connectivity index (χ3v) is 5.39. The maximum Gasteiger partial charge on any atom is 0.251 e. The lowest BCUT2D eigenvalue weighted by Crippen LogP contribution is -2.38. The highest BCUT2D eigenvalue weighted by atomic mass is 32.1. The zero-order valence-electron chi connectivity index (χ0n) is 17.9. The van der Waals surface area contributed by atoms with Crippen LogP contribution in [0.5, 0.6) is 0 Å². The van der Waals surface area contributed by atoms with Crippen LogP contribution in [0, 0.1) is 0 Å². The number of benzene rings is 1. The average Bonchev–Trinajstić information content (AvgIpc) is 3.19. The highest BCUT2D eigenvalue weighted by molar-refractivity contribution is 7.09. The molecule has 2 aromatic rings. The van der Waals surface area contributed by atoms with E-state index >= 15 is 0 Å². The highest BCUT2D eigenvalue weighted by Gasteiger charge is 2.13. The Morgan fingerprint density at radius 3 is 2.55 bits per heavy atom. The SMILES string of the molecule is CCNC(=O)c1ccc(CN=C(NCC)N(C)Cc2csc(C(C)OC)n2)cc1. The minimum atomic E-state index is -0.0546. The minimum Gasteiger partial charge on any atom is -0.375 e. The molecule has 8 heteroatoms. The zero-order valence-corrected chi connectivity index (χ0v) is 18.7. The number of methoxy groups -OCH3 is 1. The summed E-state index contributed by atoms with van der Waals surface area (Å²) in [5.74, 6) is 0.760. The van der Waals surface area contributed by atoms with Crippen molar-refractivity contribution < 1.29 is 9.53 Å².